The van der Waals surface area contributed by atoms with Gasteiger partial charge in [-0.2, -0.15) is 0 Å². The number of benzene rings is 2. The third-order valence-electron chi connectivity index (χ3n) is 3.49. The number of nitrogens with zero attached hydrogens (tertiary/aromatic N) is 1. The van der Waals surface area contributed by atoms with Gasteiger partial charge < -0.3 is 24.2 Å². The molecule has 2 aromatic carbocycles. The number of phenols is 1. The molecule has 0 saturated heterocycles. The van der Waals surface area contributed by atoms with E-state index < -0.39 is 0 Å². The predicted octanol–water partition coefficient (Wildman–Crippen LogP) is 3.15. The third-order valence-corrected chi connectivity index (χ3v) is 3.49. The molecule has 0 amide bonds. The highest BCUT2D eigenvalue weighted by Crippen LogP contribution is 2.46. The van der Waals surface area contributed by atoms with Crippen molar-refractivity contribution >= 4 is 5.69 Å². The van der Waals surface area contributed by atoms with Crippen LogP contribution in [0, 0.1) is 0 Å². The molecule has 5 nitrogen and oxygen atoms in total. The second-order valence-corrected chi connectivity index (χ2v) is 4.98. The van der Waals surface area contributed by atoms with Gasteiger partial charge in [0, 0.05) is 37.0 Å². The Kier molecular flexibility index (Phi) is 4.65. The standard InChI is InChI=1S/C17H21NO4/c1-18(2)11-6-7-12(14(19)10-11)13-8-9-15(20-3)17(22-5)16(13)21-4/h6-10,19H,1-5H3. The topological polar surface area (TPSA) is 51.2 Å². The molecule has 22 heavy (non-hydrogen) atoms. The number of aromatic hydroxyl groups is 1. The lowest BCUT2D eigenvalue weighted by Gasteiger charge is -2.18. The van der Waals surface area contributed by atoms with Gasteiger partial charge in [-0.3, -0.25) is 0 Å². The Hall–Kier alpha value is -2.56. The fourth-order valence-corrected chi connectivity index (χ4v) is 2.34. The highest BCUT2D eigenvalue weighted by atomic mass is 16.5. The summed E-state index contributed by atoms with van der Waals surface area (Å²) in [6, 6.07) is 9.13. The molecule has 0 fully saturated rings. The first kappa shape index (κ1) is 15.8. The molecule has 0 heterocycles. The van der Waals surface area contributed by atoms with Crippen LogP contribution in [0.2, 0.25) is 0 Å². The molecule has 0 saturated carbocycles. The van der Waals surface area contributed by atoms with Crippen molar-refractivity contribution in [3.63, 3.8) is 0 Å². The maximum Gasteiger partial charge on any atom is 0.203 e. The van der Waals surface area contributed by atoms with Gasteiger partial charge in [0.05, 0.1) is 21.3 Å². The maximum absolute atomic E-state index is 10.3. The van der Waals surface area contributed by atoms with Crippen LogP contribution in [0.25, 0.3) is 11.1 Å². The SMILES string of the molecule is COc1ccc(-c2ccc(N(C)C)cc2O)c(OC)c1OC. The van der Waals surface area contributed by atoms with E-state index in [0.29, 0.717) is 22.8 Å². The van der Waals surface area contributed by atoms with Crippen molar-refractivity contribution in [2.75, 3.05) is 40.3 Å². The Labute approximate surface area is 130 Å². The number of methoxy groups -OCH3 is 3. The maximum atomic E-state index is 10.3. The van der Waals surface area contributed by atoms with Gasteiger partial charge in [-0.05, 0) is 24.3 Å². The van der Waals surface area contributed by atoms with Gasteiger partial charge in [-0.1, -0.05) is 0 Å². The van der Waals surface area contributed by atoms with Crippen LogP contribution >= 0.6 is 0 Å². The summed E-state index contributed by atoms with van der Waals surface area (Å²) in [5.41, 5.74) is 2.33. The monoisotopic (exact) mass is 303 g/mol. The highest BCUT2D eigenvalue weighted by molar-refractivity contribution is 5.81. The van der Waals surface area contributed by atoms with Gasteiger partial charge in [-0.25, -0.2) is 0 Å². The van der Waals surface area contributed by atoms with Crippen LogP contribution in [-0.2, 0) is 0 Å². The average Bonchev–Trinajstić information content (AvgIpc) is 2.53. The summed E-state index contributed by atoms with van der Waals surface area (Å²) >= 11 is 0. The number of hydrogen-bond donors (Lipinski definition) is 1. The van der Waals surface area contributed by atoms with E-state index in [9.17, 15) is 5.11 Å². The fraction of sp³-hybridized carbons (Fsp3) is 0.294. The zero-order chi connectivity index (χ0) is 16.3. The summed E-state index contributed by atoms with van der Waals surface area (Å²) in [6.07, 6.45) is 0. The molecule has 2 aromatic rings. The van der Waals surface area contributed by atoms with Crippen molar-refractivity contribution in [2.45, 2.75) is 0 Å². The Morgan fingerprint density at radius 2 is 1.45 bits per heavy atom. The van der Waals surface area contributed by atoms with Gasteiger partial charge in [0.25, 0.3) is 0 Å². The molecule has 0 bridgehead atoms. The van der Waals surface area contributed by atoms with Crippen LogP contribution in [0.3, 0.4) is 0 Å². The molecule has 0 spiro atoms. The summed E-state index contributed by atoms with van der Waals surface area (Å²) in [5.74, 6) is 1.78. The molecule has 118 valence electrons. The molecule has 1 N–H and O–H groups in total. The van der Waals surface area contributed by atoms with Gasteiger partial charge in [0.15, 0.2) is 11.5 Å². The zero-order valence-electron chi connectivity index (χ0n) is 13.5. The summed E-state index contributed by atoms with van der Waals surface area (Å²) in [5, 5.41) is 10.3. The van der Waals surface area contributed by atoms with Crippen LogP contribution in [0.5, 0.6) is 23.0 Å². The Morgan fingerprint density at radius 1 is 0.818 bits per heavy atom. The highest BCUT2D eigenvalue weighted by Gasteiger charge is 2.19. The van der Waals surface area contributed by atoms with E-state index in [-0.39, 0.29) is 5.75 Å². The van der Waals surface area contributed by atoms with Crippen molar-refractivity contribution < 1.29 is 19.3 Å². The minimum Gasteiger partial charge on any atom is -0.507 e. The number of ether oxygens (including phenoxy) is 3. The first-order valence-corrected chi connectivity index (χ1v) is 6.83. The normalized spacial score (nSPS) is 10.2. The zero-order valence-corrected chi connectivity index (χ0v) is 13.5. The number of hydrogen-bond acceptors (Lipinski definition) is 5. The first-order valence-electron chi connectivity index (χ1n) is 6.83. The van der Waals surface area contributed by atoms with Crippen LogP contribution in [0.15, 0.2) is 30.3 Å². The van der Waals surface area contributed by atoms with Gasteiger partial charge in [0.1, 0.15) is 5.75 Å². The second kappa shape index (κ2) is 6.47. The van der Waals surface area contributed by atoms with Gasteiger partial charge in [-0.15, -0.1) is 0 Å². The van der Waals surface area contributed by atoms with Crippen LogP contribution in [0.1, 0.15) is 0 Å². The molecule has 0 radical (unpaired) electrons. The molecule has 0 aromatic heterocycles. The first-order chi connectivity index (χ1) is 10.5. The summed E-state index contributed by atoms with van der Waals surface area (Å²) in [7, 11) is 8.53. The van der Waals surface area contributed by atoms with E-state index >= 15 is 0 Å². The molecule has 0 aliphatic carbocycles. The van der Waals surface area contributed by atoms with E-state index in [1.165, 1.54) is 0 Å². The van der Waals surface area contributed by atoms with Crippen molar-refractivity contribution in [3.05, 3.63) is 30.3 Å². The second-order valence-electron chi connectivity index (χ2n) is 4.98. The lowest BCUT2D eigenvalue weighted by atomic mass is 10.0. The average molecular weight is 303 g/mol. The van der Waals surface area contributed by atoms with Crippen molar-refractivity contribution in [1.82, 2.24) is 0 Å². The van der Waals surface area contributed by atoms with E-state index in [1.807, 2.05) is 37.2 Å². The van der Waals surface area contributed by atoms with E-state index in [2.05, 4.69) is 0 Å². The molecule has 0 aliphatic rings. The largest absolute Gasteiger partial charge is 0.507 e. The fourth-order valence-electron chi connectivity index (χ4n) is 2.34. The molecule has 5 heteroatoms. The number of anilines is 1. The molecular formula is C17H21NO4. The molecular weight excluding hydrogens is 282 g/mol. The summed E-state index contributed by atoms with van der Waals surface area (Å²) in [4.78, 5) is 1.93. The van der Waals surface area contributed by atoms with E-state index in [1.54, 1.807) is 33.5 Å². The van der Waals surface area contributed by atoms with Crippen molar-refractivity contribution in [3.8, 4) is 34.1 Å². The minimum absolute atomic E-state index is 0.178. The molecule has 2 rings (SSSR count). The van der Waals surface area contributed by atoms with E-state index in [4.69, 9.17) is 14.2 Å². The van der Waals surface area contributed by atoms with Crippen molar-refractivity contribution in [1.29, 1.82) is 0 Å². The van der Waals surface area contributed by atoms with Crippen LogP contribution < -0.4 is 19.1 Å². The summed E-state index contributed by atoms with van der Waals surface area (Å²) < 4.78 is 16.1. The van der Waals surface area contributed by atoms with Crippen LogP contribution in [-0.4, -0.2) is 40.5 Å². The molecule has 0 atom stereocenters. The Bertz CT molecular complexity index is 668. The lowest BCUT2D eigenvalue weighted by Crippen LogP contribution is -2.08. The Balaban J connectivity index is 2.62. The van der Waals surface area contributed by atoms with Gasteiger partial charge in [0.2, 0.25) is 5.75 Å². The number of rotatable bonds is 5. The Morgan fingerprint density at radius 3 is 1.95 bits per heavy atom. The minimum atomic E-state index is 0.178. The predicted molar refractivity (Wildman–Crippen MR) is 87.5 cm³/mol. The van der Waals surface area contributed by atoms with Gasteiger partial charge >= 0.3 is 0 Å². The number of phenolic OH excluding ortho intramolecular Hbond substituents is 1. The van der Waals surface area contributed by atoms with Crippen molar-refractivity contribution in [2.24, 2.45) is 0 Å². The summed E-state index contributed by atoms with van der Waals surface area (Å²) in [6.45, 7) is 0. The van der Waals surface area contributed by atoms with Crippen LogP contribution in [0.4, 0.5) is 5.69 Å². The smallest absolute Gasteiger partial charge is 0.203 e. The molecule has 0 unspecified atom stereocenters. The quantitative estimate of drug-likeness (QED) is 0.919. The molecule has 0 aliphatic heterocycles. The third kappa shape index (κ3) is 2.74. The lowest BCUT2D eigenvalue weighted by molar-refractivity contribution is 0.325. The van der Waals surface area contributed by atoms with E-state index in [0.717, 1.165) is 11.3 Å².